The number of carbonyl (C=O) groups excluding carboxylic acids is 2. The highest BCUT2D eigenvalue weighted by atomic mass is 16.2. The maximum absolute atomic E-state index is 12.3. The van der Waals surface area contributed by atoms with Gasteiger partial charge in [0.1, 0.15) is 5.82 Å². The zero-order valence-corrected chi connectivity index (χ0v) is 14.9. The van der Waals surface area contributed by atoms with Gasteiger partial charge in [0, 0.05) is 35.5 Å². The van der Waals surface area contributed by atoms with Crippen molar-refractivity contribution in [3.63, 3.8) is 0 Å². The van der Waals surface area contributed by atoms with E-state index in [-0.39, 0.29) is 29.7 Å². The van der Waals surface area contributed by atoms with Gasteiger partial charge in [-0.2, -0.15) is 5.26 Å². The number of nitriles is 1. The summed E-state index contributed by atoms with van der Waals surface area (Å²) in [5.41, 5.74) is 7.44. The molecule has 2 fully saturated rings. The van der Waals surface area contributed by atoms with Gasteiger partial charge in [0.15, 0.2) is 0 Å². The molecule has 3 atom stereocenters. The molecule has 0 radical (unpaired) electrons. The normalized spacial score (nSPS) is 24.5. The second-order valence-corrected chi connectivity index (χ2v) is 7.14. The van der Waals surface area contributed by atoms with Crippen LogP contribution in [0.5, 0.6) is 0 Å². The first-order valence-corrected chi connectivity index (χ1v) is 8.90. The van der Waals surface area contributed by atoms with Crippen molar-refractivity contribution in [3.8, 4) is 6.07 Å². The number of nitrogens with one attached hydrogen (secondary N) is 2. The van der Waals surface area contributed by atoms with E-state index in [9.17, 15) is 9.59 Å². The fraction of sp³-hybridized carbons (Fsp3) is 0.368. The SMILES string of the molecule is CC1CNCC(=O)N1c1cc(N)c2cnc(NC(=O)[C@H]3C[C@@H]3C#N)cc2c1. The molecular weight excluding hydrogens is 344 g/mol. The van der Waals surface area contributed by atoms with Crippen LogP contribution in [0.2, 0.25) is 0 Å². The number of hydrogen-bond acceptors (Lipinski definition) is 6. The molecule has 2 aromatic rings. The van der Waals surface area contributed by atoms with Crippen molar-refractivity contribution in [2.45, 2.75) is 19.4 Å². The average Bonchev–Trinajstić information content (AvgIpc) is 3.41. The lowest BCUT2D eigenvalue weighted by atomic mass is 10.1. The van der Waals surface area contributed by atoms with Crippen molar-refractivity contribution in [2.24, 2.45) is 11.8 Å². The van der Waals surface area contributed by atoms with Gasteiger partial charge in [0.2, 0.25) is 11.8 Å². The summed E-state index contributed by atoms with van der Waals surface area (Å²) in [6, 6.07) is 7.53. The molecule has 8 nitrogen and oxygen atoms in total. The third kappa shape index (κ3) is 3.17. The number of aromatic nitrogens is 1. The quantitative estimate of drug-likeness (QED) is 0.704. The van der Waals surface area contributed by atoms with E-state index in [1.54, 1.807) is 23.2 Å². The molecule has 1 saturated carbocycles. The Kier molecular flexibility index (Phi) is 4.16. The molecular formula is C19H20N6O2. The molecule has 4 rings (SSSR count). The minimum Gasteiger partial charge on any atom is -0.398 e. The summed E-state index contributed by atoms with van der Waals surface area (Å²) in [5, 5.41) is 16.3. The Hall–Kier alpha value is -3.18. The van der Waals surface area contributed by atoms with E-state index >= 15 is 0 Å². The summed E-state index contributed by atoms with van der Waals surface area (Å²) < 4.78 is 0. The maximum atomic E-state index is 12.3. The summed E-state index contributed by atoms with van der Waals surface area (Å²) in [5.74, 6) is -0.252. The number of piperazine rings is 1. The fourth-order valence-electron chi connectivity index (χ4n) is 3.53. The molecule has 1 saturated heterocycles. The summed E-state index contributed by atoms with van der Waals surface area (Å²) >= 11 is 0. The first-order chi connectivity index (χ1) is 13.0. The highest BCUT2D eigenvalue weighted by Crippen LogP contribution is 2.38. The Morgan fingerprint density at radius 1 is 1.44 bits per heavy atom. The number of nitrogen functional groups attached to an aromatic ring is 1. The lowest BCUT2D eigenvalue weighted by molar-refractivity contribution is -0.119. The predicted molar refractivity (Wildman–Crippen MR) is 102 cm³/mol. The van der Waals surface area contributed by atoms with E-state index in [1.165, 1.54) is 0 Å². The molecule has 8 heteroatoms. The molecule has 4 N–H and O–H groups in total. The van der Waals surface area contributed by atoms with E-state index in [2.05, 4.69) is 21.7 Å². The Morgan fingerprint density at radius 2 is 2.26 bits per heavy atom. The molecule has 138 valence electrons. The molecule has 27 heavy (non-hydrogen) atoms. The monoisotopic (exact) mass is 364 g/mol. The van der Waals surface area contributed by atoms with Crippen LogP contribution in [0.15, 0.2) is 24.4 Å². The third-order valence-corrected chi connectivity index (χ3v) is 5.10. The lowest BCUT2D eigenvalue weighted by Crippen LogP contribution is -2.53. The predicted octanol–water partition coefficient (Wildman–Crippen LogP) is 1.24. The van der Waals surface area contributed by atoms with Crippen molar-refractivity contribution in [1.29, 1.82) is 5.26 Å². The Bertz CT molecular complexity index is 982. The number of nitrogens with two attached hydrogens (primary N) is 1. The molecule has 0 bridgehead atoms. The zero-order chi connectivity index (χ0) is 19.1. The molecule has 1 aromatic heterocycles. The van der Waals surface area contributed by atoms with Gasteiger partial charge in [0.05, 0.1) is 24.4 Å². The topological polar surface area (TPSA) is 124 Å². The van der Waals surface area contributed by atoms with Gasteiger partial charge >= 0.3 is 0 Å². The van der Waals surface area contributed by atoms with Crippen molar-refractivity contribution in [3.05, 3.63) is 24.4 Å². The van der Waals surface area contributed by atoms with Crippen molar-refractivity contribution in [2.75, 3.05) is 29.0 Å². The first-order valence-electron chi connectivity index (χ1n) is 8.90. The van der Waals surface area contributed by atoms with Crippen LogP contribution in [0.1, 0.15) is 13.3 Å². The summed E-state index contributed by atoms with van der Waals surface area (Å²) in [6.07, 6.45) is 2.21. The van der Waals surface area contributed by atoms with Crippen LogP contribution in [0.25, 0.3) is 10.8 Å². The Morgan fingerprint density at radius 3 is 2.96 bits per heavy atom. The highest BCUT2D eigenvalue weighted by Gasteiger charge is 2.43. The van der Waals surface area contributed by atoms with Gasteiger partial charge in [-0.05, 0) is 36.9 Å². The van der Waals surface area contributed by atoms with Gasteiger partial charge in [-0.15, -0.1) is 0 Å². The van der Waals surface area contributed by atoms with Crippen LogP contribution in [-0.4, -0.2) is 35.9 Å². The number of fused-ring (bicyclic) bond motifs is 1. The van der Waals surface area contributed by atoms with E-state index in [1.807, 2.05) is 13.0 Å². The number of hydrogen-bond donors (Lipinski definition) is 3. The molecule has 2 amide bonds. The standard InChI is InChI=1S/C19H20N6O2/c1-10-7-22-9-18(26)25(10)13-2-11-4-17(23-8-15(11)16(21)5-13)24-19(27)14-3-12(14)6-20/h2,4-5,8,10,12,14,22H,3,7,9,21H2,1H3,(H,23,24,27)/t10?,12-,14+/m1/s1. The van der Waals surface area contributed by atoms with Gasteiger partial charge in [-0.3, -0.25) is 9.59 Å². The van der Waals surface area contributed by atoms with Gasteiger partial charge in [0.25, 0.3) is 0 Å². The number of nitrogens with zero attached hydrogens (tertiary/aromatic N) is 3. The minimum absolute atomic E-state index is 0.00800. The number of amides is 2. The van der Waals surface area contributed by atoms with E-state index in [0.29, 0.717) is 31.0 Å². The van der Waals surface area contributed by atoms with E-state index in [4.69, 9.17) is 11.0 Å². The summed E-state index contributed by atoms with van der Waals surface area (Å²) in [7, 11) is 0. The fourth-order valence-corrected chi connectivity index (χ4v) is 3.53. The van der Waals surface area contributed by atoms with Gasteiger partial charge in [-0.1, -0.05) is 0 Å². The number of anilines is 3. The minimum atomic E-state index is -0.261. The van der Waals surface area contributed by atoms with Crippen molar-refractivity contribution in [1.82, 2.24) is 10.3 Å². The largest absolute Gasteiger partial charge is 0.398 e. The molecule has 1 aliphatic carbocycles. The van der Waals surface area contributed by atoms with Crippen LogP contribution >= 0.6 is 0 Å². The summed E-state index contributed by atoms with van der Waals surface area (Å²) in [4.78, 5) is 30.5. The van der Waals surface area contributed by atoms with Crippen LogP contribution < -0.4 is 21.3 Å². The average molecular weight is 364 g/mol. The number of pyridine rings is 1. The van der Waals surface area contributed by atoms with Crippen LogP contribution in [0, 0.1) is 23.2 Å². The van der Waals surface area contributed by atoms with Crippen LogP contribution in [0.4, 0.5) is 17.2 Å². The highest BCUT2D eigenvalue weighted by molar-refractivity contribution is 6.03. The Balaban J connectivity index is 1.65. The first kappa shape index (κ1) is 17.2. The Labute approximate surface area is 156 Å². The van der Waals surface area contributed by atoms with E-state index in [0.717, 1.165) is 16.5 Å². The van der Waals surface area contributed by atoms with Crippen LogP contribution in [-0.2, 0) is 9.59 Å². The van der Waals surface area contributed by atoms with Crippen molar-refractivity contribution >= 4 is 39.8 Å². The van der Waals surface area contributed by atoms with E-state index < -0.39 is 0 Å². The molecule has 0 spiro atoms. The molecule has 1 aromatic carbocycles. The zero-order valence-electron chi connectivity index (χ0n) is 14.9. The molecule has 1 unspecified atom stereocenters. The number of rotatable bonds is 3. The smallest absolute Gasteiger partial charge is 0.241 e. The van der Waals surface area contributed by atoms with Gasteiger partial charge in [-0.25, -0.2) is 4.98 Å². The van der Waals surface area contributed by atoms with Crippen LogP contribution in [0.3, 0.4) is 0 Å². The summed E-state index contributed by atoms with van der Waals surface area (Å²) in [6.45, 7) is 2.98. The lowest BCUT2D eigenvalue weighted by Gasteiger charge is -2.34. The molecule has 2 heterocycles. The third-order valence-electron chi connectivity index (χ3n) is 5.10. The van der Waals surface area contributed by atoms with Gasteiger partial charge < -0.3 is 21.3 Å². The molecule has 2 aliphatic rings. The maximum Gasteiger partial charge on any atom is 0.241 e. The van der Waals surface area contributed by atoms with Crippen molar-refractivity contribution < 1.29 is 9.59 Å². The second kappa shape index (κ2) is 6.52. The number of carbonyl (C=O) groups is 2. The second-order valence-electron chi connectivity index (χ2n) is 7.14. The number of benzene rings is 1. The molecule has 1 aliphatic heterocycles.